The molecule has 2 N–H and O–H groups in total. The van der Waals surface area contributed by atoms with Crippen molar-refractivity contribution in [3.05, 3.63) is 12.2 Å². The van der Waals surface area contributed by atoms with Gasteiger partial charge in [-0.05, 0) is 38.5 Å². The van der Waals surface area contributed by atoms with Crippen molar-refractivity contribution < 1.29 is 14.1 Å². The van der Waals surface area contributed by atoms with E-state index in [1.807, 2.05) is 0 Å². The van der Waals surface area contributed by atoms with Crippen molar-refractivity contribution in [2.24, 2.45) is 0 Å². The van der Waals surface area contributed by atoms with E-state index in [0.29, 0.717) is 24.0 Å². The van der Waals surface area contributed by atoms with Crippen molar-refractivity contribution in [2.45, 2.75) is 200 Å². The number of amides is 2. The Balaban J connectivity index is 3.89. The molecule has 0 heterocycles. The van der Waals surface area contributed by atoms with E-state index in [0.717, 1.165) is 19.3 Å². The van der Waals surface area contributed by atoms with E-state index in [2.05, 4.69) is 57.8 Å². The Morgan fingerprint density at radius 3 is 1.33 bits per heavy atom. The molecule has 0 spiro atoms. The normalized spacial score (nSPS) is 12.6. The molecule has 266 valence electrons. The van der Waals surface area contributed by atoms with E-state index in [1.165, 1.54) is 154 Å². The number of nitrogens with zero attached hydrogens (tertiary/aromatic N) is 1. The zero-order valence-corrected chi connectivity index (χ0v) is 31.2. The third kappa shape index (κ3) is 33.8. The van der Waals surface area contributed by atoms with Crippen LogP contribution in [0.1, 0.15) is 194 Å². The summed E-state index contributed by atoms with van der Waals surface area (Å²) in [6.07, 6.45) is 40.1. The van der Waals surface area contributed by atoms with Crippen molar-refractivity contribution in [1.82, 2.24) is 10.6 Å². The number of unbranched alkanes of at least 4 members (excludes halogenated alkanes) is 24. The van der Waals surface area contributed by atoms with Crippen LogP contribution in [0.2, 0.25) is 0 Å². The minimum atomic E-state index is -0.465. The fourth-order valence-electron chi connectivity index (χ4n) is 6.02. The van der Waals surface area contributed by atoms with Gasteiger partial charge in [-0.1, -0.05) is 161 Å². The smallest absolute Gasteiger partial charge is 0.248 e. The highest BCUT2D eigenvalue weighted by molar-refractivity contribution is 5.87. The average molecular weight is 635 g/mol. The van der Waals surface area contributed by atoms with E-state index in [4.69, 9.17) is 0 Å². The molecule has 45 heavy (non-hydrogen) atoms. The van der Waals surface area contributed by atoms with Gasteiger partial charge in [-0.15, -0.1) is 0 Å². The summed E-state index contributed by atoms with van der Waals surface area (Å²) in [6.45, 7) is 5.85. The fraction of sp³-hybridized carbons (Fsp3) is 0.900. The van der Waals surface area contributed by atoms with Gasteiger partial charge in [0.15, 0.2) is 6.04 Å². The first kappa shape index (κ1) is 43.6. The van der Waals surface area contributed by atoms with Gasteiger partial charge in [-0.3, -0.25) is 9.59 Å². The summed E-state index contributed by atoms with van der Waals surface area (Å²) in [4.78, 5) is 25.6. The van der Waals surface area contributed by atoms with Crippen LogP contribution in [0, 0.1) is 0 Å². The molecule has 1 atom stereocenters. The van der Waals surface area contributed by atoms with Crippen LogP contribution in [0.25, 0.3) is 0 Å². The van der Waals surface area contributed by atoms with Gasteiger partial charge in [0, 0.05) is 13.0 Å². The van der Waals surface area contributed by atoms with Crippen LogP contribution in [0.15, 0.2) is 12.2 Å². The number of hydrogen-bond acceptors (Lipinski definition) is 2. The molecule has 0 aliphatic rings. The Morgan fingerprint density at radius 1 is 0.533 bits per heavy atom. The SMILES string of the molecule is CCCCCCCCC=CCCCCCCCC(=O)NC(C[N+](C)(C)C)C(=O)NCCCCCCCCCCCCCCCC. The van der Waals surface area contributed by atoms with E-state index in [9.17, 15) is 9.59 Å². The van der Waals surface area contributed by atoms with Crippen LogP contribution in [0.3, 0.4) is 0 Å². The van der Waals surface area contributed by atoms with Crippen LogP contribution < -0.4 is 10.6 Å². The molecule has 0 aliphatic heterocycles. The molecule has 2 amide bonds. The maximum absolute atomic E-state index is 13.0. The van der Waals surface area contributed by atoms with Gasteiger partial charge in [0.1, 0.15) is 6.54 Å². The highest BCUT2D eigenvalue weighted by Gasteiger charge is 2.26. The molecule has 0 radical (unpaired) electrons. The van der Waals surface area contributed by atoms with Gasteiger partial charge in [0.2, 0.25) is 11.8 Å². The second-order valence-corrected chi connectivity index (χ2v) is 14.8. The maximum atomic E-state index is 13.0. The minimum Gasteiger partial charge on any atom is -0.354 e. The lowest BCUT2D eigenvalue weighted by molar-refractivity contribution is -0.870. The molecule has 0 aliphatic carbocycles. The summed E-state index contributed by atoms with van der Waals surface area (Å²) >= 11 is 0. The van der Waals surface area contributed by atoms with Crippen molar-refractivity contribution in [1.29, 1.82) is 0 Å². The van der Waals surface area contributed by atoms with Crippen LogP contribution in [-0.4, -0.2) is 56.6 Å². The summed E-state index contributed by atoms with van der Waals surface area (Å²) in [7, 11) is 6.22. The summed E-state index contributed by atoms with van der Waals surface area (Å²) in [5.41, 5.74) is 0. The van der Waals surface area contributed by atoms with Crippen molar-refractivity contribution >= 4 is 11.8 Å². The van der Waals surface area contributed by atoms with Crippen molar-refractivity contribution in [2.75, 3.05) is 34.2 Å². The van der Waals surface area contributed by atoms with E-state index in [1.54, 1.807) is 0 Å². The average Bonchev–Trinajstić information content (AvgIpc) is 3.00. The Labute approximate surface area is 282 Å². The molecule has 0 aromatic heterocycles. The summed E-state index contributed by atoms with van der Waals surface area (Å²) in [6, 6.07) is -0.465. The molecule has 5 heteroatoms. The number of nitrogens with one attached hydrogen (secondary N) is 2. The standard InChI is InChI=1S/C40H79N3O2/c1-6-8-10-12-14-16-18-20-22-23-25-27-29-31-33-35-39(44)42-38(37-43(3,4)5)40(45)41-36-34-32-30-28-26-24-21-19-17-15-13-11-9-7-2/h20,22,38H,6-19,21,23-37H2,1-5H3,(H-,41,42,44,45)/p+1. The lowest BCUT2D eigenvalue weighted by Gasteiger charge is -2.29. The lowest BCUT2D eigenvalue weighted by Crippen LogP contribution is -2.55. The zero-order chi connectivity index (χ0) is 33.3. The molecule has 0 aromatic carbocycles. The first-order valence-corrected chi connectivity index (χ1v) is 19.8. The van der Waals surface area contributed by atoms with E-state index < -0.39 is 6.04 Å². The summed E-state index contributed by atoms with van der Waals surface area (Å²) < 4.78 is 0.643. The monoisotopic (exact) mass is 635 g/mol. The van der Waals surface area contributed by atoms with Gasteiger partial charge in [0.05, 0.1) is 21.1 Å². The number of carbonyl (C=O) groups is 2. The number of likely N-dealkylation sites (N-methyl/N-ethyl adjacent to an activating group) is 1. The molecule has 1 unspecified atom stereocenters. The molecular weight excluding hydrogens is 554 g/mol. The molecular formula is C40H80N3O2+. The van der Waals surface area contributed by atoms with Crippen molar-refractivity contribution in [3.63, 3.8) is 0 Å². The predicted molar refractivity (Wildman–Crippen MR) is 198 cm³/mol. The van der Waals surface area contributed by atoms with Crippen molar-refractivity contribution in [3.8, 4) is 0 Å². The highest BCUT2D eigenvalue weighted by Crippen LogP contribution is 2.13. The largest absolute Gasteiger partial charge is 0.354 e. The maximum Gasteiger partial charge on any atom is 0.248 e. The summed E-state index contributed by atoms with van der Waals surface area (Å²) in [5, 5.41) is 6.16. The quantitative estimate of drug-likeness (QED) is 0.0420. The third-order valence-electron chi connectivity index (χ3n) is 8.88. The molecule has 0 saturated carbocycles. The fourth-order valence-corrected chi connectivity index (χ4v) is 6.02. The van der Waals surface area contributed by atoms with Crippen LogP contribution in [0.4, 0.5) is 0 Å². The van der Waals surface area contributed by atoms with Crippen LogP contribution in [0.5, 0.6) is 0 Å². The number of carbonyl (C=O) groups excluding carboxylic acids is 2. The number of hydrogen-bond donors (Lipinski definition) is 2. The molecule has 0 fully saturated rings. The van der Waals surface area contributed by atoms with Gasteiger partial charge < -0.3 is 15.1 Å². The number of rotatable bonds is 34. The zero-order valence-electron chi connectivity index (χ0n) is 31.2. The van der Waals surface area contributed by atoms with E-state index >= 15 is 0 Å². The Morgan fingerprint density at radius 2 is 0.911 bits per heavy atom. The molecule has 0 rings (SSSR count). The Bertz CT molecular complexity index is 686. The molecule has 5 nitrogen and oxygen atoms in total. The van der Waals surface area contributed by atoms with Gasteiger partial charge in [0.25, 0.3) is 0 Å². The second kappa shape index (κ2) is 32.6. The van der Waals surface area contributed by atoms with E-state index in [-0.39, 0.29) is 11.8 Å². The molecule has 0 saturated heterocycles. The lowest BCUT2D eigenvalue weighted by atomic mass is 10.0. The number of allylic oxidation sites excluding steroid dienone is 2. The topological polar surface area (TPSA) is 58.2 Å². The van der Waals surface area contributed by atoms with Gasteiger partial charge in [-0.25, -0.2) is 0 Å². The third-order valence-corrected chi connectivity index (χ3v) is 8.88. The first-order valence-electron chi connectivity index (χ1n) is 19.8. The summed E-state index contributed by atoms with van der Waals surface area (Å²) in [5.74, 6) is -0.0200. The molecule has 0 bridgehead atoms. The highest BCUT2D eigenvalue weighted by atomic mass is 16.2. The molecule has 0 aromatic rings. The van der Waals surface area contributed by atoms with Crippen LogP contribution in [-0.2, 0) is 9.59 Å². The van der Waals surface area contributed by atoms with Gasteiger partial charge in [-0.2, -0.15) is 0 Å². The second-order valence-electron chi connectivity index (χ2n) is 14.8. The Hall–Kier alpha value is -1.36. The predicted octanol–water partition coefficient (Wildman–Crippen LogP) is 10.8. The first-order chi connectivity index (χ1) is 21.8. The van der Waals surface area contributed by atoms with Gasteiger partial charge >= 0.3 is 0 Å². The van der Waals surface area contributed by atoms with Crippen LogP contribution >= 0.6 is 0 Å². The minimum absolute atomic E-state index is 0.0118. The Kier molecular flexibility index (Phi) is 31.6. The number of quaternary nitrogens is 1.